The van der Waals surface area contributed by atoms with E-state index < -0.39 is 6.10 Å². The van der Waals surface area contributed by atoms with Crippen molar-refractivity contribution in [3.05, 3.63) is 65.2 Å². The fraction of sp³-hybridized carbons (Fsp3) is 0.364. The Morgan fingerprint density at radius 2 is 1.86 bits per heavy atom. The monoisotopic (exact) mass is 417 g/mol. The van der Waals surface area contributed by atoms with Gasteiger partial charge in [0.2, 0.25) is 0 Å². The zero-order valence-corrected chi connectivity index (χ0v) is 17.3. The topological polar surface area (TPSA) is 93.5 Å². The minimum atomic E-state index is -0.525. The number of carbonyl (C=O) groups excluding carboxylic acids is 2. The molecule has 3 rings (SSSR count). The molecule has 1 aliphatic rings. The van der Waals surface area contributed by atoms with Crippen molar-refractivity contribution in [3.63, 3.8) is 0 Å². The lowest BCUT2D eigenvalue weighted by molar-refractivity contribution is -0.126. The smallest absolute Gasteiger partial charge is 0.253 e. The molecule has 0 spiro atoms. The summed E-state index contributed by atoms with van der Waals surface area (Å²) in [6.45, 7) is 2.79. The largest absolute Gasteiger partial charge is 0.364 e. The normalized spacial score (nSPS) is 18.0. The lowest BCUT2D eigenvalue weighted by Crippen LogP contribution is -2.32. The summed E-state index contributed by atoms with van der Waals surface area (Å²) >= 11 is 0. The van der Waals surface area contributed by atoms with Crippen LogP contribution in [0.5, 0.6) is 0 Å². The zero-order chi connectivity index (χ0) is 19.9. The van der Waals surface area contributed by atoms with Gasteiger partial charge in [-0.3, -0.25) is 9.59 Å². The fourth-order valence-electron chi connectivity index (χ4n) is 3.41. The van der Waals surface area contributed by atoms with Gasteiger partial charge in [-0.05, 0) is 43.4 Å². The van der Waals surface area contributed by atoms with E-state index in [1.807, 2.05) is 49.4 Å². The summed E-state index contributed by atoms with van der Waals surface area (Å²) in [7, 11) is 0. The third-order valence-electron chi connectivity index (χ3n) is 4.96. The maximum Gasteiger partial charge on any atom is 0.253 e. The molecule has 1 aliphatic heterocycles. The van der Waals surface area contributed by atoms with E-state index in [2.05, 4.69) is 10.6 Å². The van der Waals surface area contributed by atoms with Gasteiger partial charge in [0.1, 0.15) is 6.10 Å². The Morgan fingerprint density at radius 3 is 2.55 bits per heavy atom. The van der Waals surface area contributed by atoms with Gasteiger partial charge in [0.15, 0.2) is 0 Å². The number of carbonyl (C=O) groups is 2. The predicted molar refractivity (Wildman–Crippen MR) is 116 cm³/mol. The van der Waals surface area contributed by atoms with Gasteiger partial charge in [-0.2, -0.15) is 0 Å². The maximum absolute atomic E-state index is 12.8. The predicted octanol–water partition coefficient (Wildman–Crippen LogP) is 2.83. The third kappa shape index (κ3) is 6.03. The van der Waals surface area contributed by atoms with Gasteiger partial charge in [0.25, 0.3) is 11.8 Å². The van der Waals surface area contributed by atoms with E-state index in [1.54, 1.807) is 6.07 Å². The molecule has 0 bridgehead atoms. The van der Waals surface area contributed by atoms with Crippen molar-refractivity contribution in [2.45, 2.75) is 38.4 Å². The van der Waals surface area contributed by atoms with Crippen molar-refractivity contribution in [2.75, 3.05) is 18.4 Å². The van der Waals surface area contributed by atoms with Gasteiger partial charge in [0, 0.05) is 13.1 Å². The molecule has 156 valence electrons. The quantitative estimate of drug-likeness (QED) is 0.645. The molecule has 0 radical (unpaired) electrons. The molecule has 0 saturated carbocycles. The van der Waals surface area contributed by atoms with Crippen LogP contribution in [-0.2, 0) is 16.0 Å². The average molecular weight is 418 g/mol. The molecule has 0 aromatic heterocycles. The zero-order valence-electron chi connectivity index (χ0n) is 16.5. The van der Waals surface area contributed by atoms with Gasteiger partial charge in [-0.1, -0.05) is 42.5 Å². The summed E-state index contributed by atoms with van der Waals surface area (Å²) in [6, 6.07) is 15.4. The summed E-state index contributed by atoms with van der Waals surface area (Å²) in [5, 5.41) is 5.81. The van der Waals surface area contributed by atoms with Crippen LogP contribution in [0.1, 0.15) is 34.3 Å². The Balaban J connectivity index is 0.00000300. The van der Waals surface area contributed by atoms with Crippen LogP contribution in [0.4, 0.5) is 5.69 Å². The van der Waals surface area contributed by atoms with E-state index in [4.69, 9.17) is 10.5 Å². The van der Waals surface area contributed by atoms with E-state index in [0.717, 1.165) is 24.0 Å². The molecule has 7 heteroatoms. The Kier molecular flexibility index (Phi) is 8.64. The summed E-state index contributed by atoms with van der Waals surface area (Å²) in [4.78, 5) is 25.3. The highest BCUT2D eigenvalue weighted by Crippen LogP contribution is 2.23. The molecule has 2 aromatic carbocycles. The number of ether oxygens (including phenoxy) is 1. The Labute approximate surface area is 177 Å². The average Bonchev–Trinajstić information content (AvgIpc) is 3.18. The number of halogens is 1. The van der Waals surface area contributed by atoms with Crippen LogP contribution in [-0.4, -0.2) is 37.1 Å². The van der Waals surface area contributed by atoms with Gasteiger partial charge in [0.05, 0.1) is 17.4 Å². The number of rotatable bonds is 7. The number of amides is 2. The van der Waals surface area contributed by atoms with Crippen LogP contribution in [0.2, 0.25) is 0 Å². The molecule has 2 atom stereocenters. The number of benzene rings is 2. The van der Waals surface area contributed by atoms with Crippen molar-refractivity contribution >= 4 is 29.9 Å². The summed E-state index contributed by atoms with van der Waals surface area (Å²) in [5.41, 5.74) is 8.57. The van der Waals surface area contributed by atoms with E-state index >= 15 is 0 Å². The van der Waals surface area contributed by atoms with Crippen LogP contribution in [0, 0.1) is 6.92 Å². The Morgan fingerprint density at radius 1 is 1.10 bits per heavy atom. The molecule has 4 N–H and O–H groups in total. The molecule has 29 heavy (non-hydrogen) atoms. The summed E-state index contributed by atoms with van der Waals surface area (Å²) < 4.78 is 5.65. The van der Waals surface area contributed by atoms with Crippen LogP contribution < -0.4 is 16.4 Å². The van der Waals surface area contributed by atoms with Crippen molar-refractivity contribution in [1.82, 2.24) is 5.32 Å². The second-order valence-corrected chi connectivity index (χ2v) is 7.04. The molecular weight excluding hydrogens is 390 g/mol. The number of hydrogen-bond donors (Lipinski definition) is 3. The minimum Gasteiger partial charge on any atom is -0.364 e. The second kappa shape index (κ2) is 11.0. The second-order valence-electron chi connectivity index (χ2n) is 7.04. The van der Waals surface area contributed by atoms with Gasteiger partial charge >= 0.3 is 0 Å². The van der Waals surface area contributed by atoms with Gasteiger partial charge in [-0.25, -0.2) is 0 Å². The van der Waals surface area contributed by atoms with Crippen molar-refractivity contribution in [3.8, 4) is 0 Å². The molecule has 6 nitrogen and oxygen atoms in total. The lowest BCUT2D eigenvalue weighted by atomic mass is 10.0. The fourth-order valence-corrected chi connectivity index (χ4v) is 3.41. The van der Waals surface area contributed by atoms with Crippen LogP contribution >= 0.6 is 12.4 Å². The number of nitrogens with two attached hydrogens (primary N) is 1. The maximum atomic E-state index is 12.8. The van der Waals surface area contributed by atoms with E-state index in [-0.39, 0.29) is 30.3 Å². The van der Waals surface area contributed by atoms with Crippen molar-refractivity contribution in [1.29, 1.82) is 0 Å². The lowest BCUT2D eigenvalue weighted by Gasteiger charge is -2.16. The van der Waals surface area contributed by atoms with Crippen molar-refractivity contribution < 1.29 is 14.3 Å². The number of nitrogens with one attached hydrogen (secondary N) is 2. The van der Waals surface area contributed by atoms with Gasteiger partial charge < -0.3 is 21.1 Å². The highest BCUT2D eigenvalue weighted by molar-refractivity contribution is 6.05. The van der Waals surface area contributed by atoms with Crippen LogP contribution in [0.15, 0.2) is 48.5 Å². The molecule has 0 aliphatic carbocycles. The molecule has 2 amide bonds. The molecule has 0 unspecified atom stereocenters. The standard InChI is InChI=1S/C22H27N3O3.ClH/c1-15-6-5-9-18(25-21(26)19-11-10-17(14-23)28-19)20(15)22(27)24-13-12-16-7-3-2-4-8-16;/h2-9,17,19H,10-14,23H2,1H3,(H,24,27)(H,25,26);1H/t17-,19+;/m1./s1. The van der Waals surface area contributed by atoms with E-state index in [0.29, 0.717) is 30.8 Å². The summed E-state index contributed by atoms with van der Waals surface area (Å²) in [6.07, 6.45) is 1.56. The minimum absolute atomic E-state index is 0. The molecule has 1 fully saturated rings. The highest BCUT2D eigenvalue weighted by Gasteiger charge is 2.30. The van der Waals surface area contributed by atoms with E-state index in [9.17, 15) is 9.59 Å². The molecule has 1 heterocycles. The molecule has 1 saturated heterocycles. The SMILES string of the molecule is Cc1cccc(NC(=O)[C@@H]2CC[C@H](CN)O2)c1C(=O)NCCc1ccccc1.Cl. The number of hydrogen-bond acceptors (Lipinski definition) is 4. The Bertz CT molecular complexity index is 829. The van der Waals surface area contributed by atoms with Gasteiger partial charge in [-0.15, -0.1) is 12.4 Å². The van der Waals surface area contributed by atoms with Crippen molar-refractivity contribution in [2.24, 2.45) is 5.73 Å². The number of anilines is 1. The first-order valence-corrected chi connectivity index (χ1v) is 9.66. The summed E-state index contributed by atoms with van der Waals surface area (Å²) in [5.74, 6) is -0.434. The molecular formula is C22H28ClN3O3. The number of aryl methyl sites for hydroxylation is 1. The molecule has 2 aromatic rings. The Hall–Kier alpha value is -2.41. The first kappa shape index (κ1) is 22.9. The third-order valence-corrected chi connectivity index (χ3v) is 4.96. The first-order valence-electron chi connectivity index (χ1n) is 9.66. The van der Waals surface area contributed by atoms with E-state index in [1.165, 1.54) is 0 Å². The van der Waals surface area contributed by atoms with Crippen LogP contribution in [0.3, 0.4) is 0 Å². The van der Waals surface area contributed by atoms with Crippen LogP contribution in [0.25, 0.3) is 0 Å². The highest BCUT2D eigenvalue weighted by atomic mass is 35.5. The first-order chi connectivity index (χ1) is 13.6.